The Balaban J connectivity index is 2.17. The van der Waals surface area contributed by atoms with Gasteiger partial charge in [0, 0.05) is 6.54 Å². The maximum absolute atomic E-state index is 9.62. The van der Waals surface area contributed by atoms with Crippen molar-refractivity contribution in [3.63, 3.8) is 0 Å². The standard InChI is InChI=1S/C16H19NO2/c1-11-3-4-12(2)16(9-11)19-14-7-5-13(6-8-14)15(18)10-17/h3-9,15,18H,10,17H2,1-2H3. The molecule has 0 spiro atoms. The third-order valence-electron chi connectivity index (χ3n) is 3.06. The van der Waals surface area contributed by atoms with E-state index in [1.165, 1.54) is 0 Å². The molecule has 2 rings (SSSR count). The van der Waals surface area contributed by atoms with Crippen molar-refractivity contribution in [2.24, 2.45) is 5.73 Å². The average molecular weight is 257 g/mol. The minimum atomic E-state index is -0.616. The quantitative estimate of drug-likeness (QED) is 0.885. The molecule has 2 aromatic carbocycles. The summed E-state index contributed by atoms with van der Waals surface area (Å²) >= 11 is 0. The van der Waals surface area contributed by atoms with Crippen molar-refractivity contribution in [2.75, 3.05) is 6.54 Å². The Kier molecular flexibility index (Phi) is 4.20. The van der Waals surface area contributed by atoms with Crippen molar-refractivity contribution >= 4 is 0 Å². The van der Waals surface area contributed by atoms with Crippen LogP contribution in [0.25, 0.3) is 0 Å². The molecule has 0 aliphatic rings. The average Bonchev–Trinajstić information content (AvgIpc) is 2.43. The molecule has 0 fully saturated rings. The first kappa shape index (κ1) is 13.6. The minimum absolute atomic E-state index is 0.219. The zero-order valence-corrected chi connectivity index (χ0v) is 11.3. The van der Waals surface area contributed by atoms with Gasteiger partial charge < -0.3 is 15.6 Å². The highest BCUT2D eigenvalue weighted by atomic mass is 16.5. The summed E-state index contributed by atoms with van der Waals surface area (Å²) in [5.74, 6) is 1.61. The maximum atomic E-state index is 9.62. The van der Waals surface area contributed by atoms with Crippen LogP contribution < -0.4 is 10.5 Å². The third-order valence-corrected chi connectivity index (χ3v) is 3.06. The number of hydrogen-bond donors (Lipinski definition) is 2. The van der Waals surface area contributed by atoms with E-state index in [1.54, 1.807) is 0 Å². The predicted octanol–water partition coefficient (Wildman–Crippen LogP) is 3.09. The summed E-state index contributed by atoms with van der Waals surface area (Å²) in [5, 5.41) is 9.62. The predicted molar refractivity (Wildman–Crippen MR) is 76.4 cm³/mol. The van der Waals surface area contributed by atoms with Gasteiger partial charge in [0.1, 0.15) is 11.5 Å². The first-order valence-electron chi connectivity index (χ1n) is 6.33. The molecule has 0 saturated heterocycles. The van der Waals surface area contributed by atoms with E-state index >= 15 is 0 Å². The van der Waals surface area contributed by atoms with E-state index in [0.29, 0.717) is 0 Å². The van der Waals surface area contributed by atoms with Crippen LogP contribution in [0.4, 0.5) is 0 Å². The van der Waals surface area contributed by atoms with E-state index in [4.69, 9.17) is 10.5 Å². The summed E-state index contributed by atoms with van der Waals surface area (Å²) in [5.41, 5.74) is 8.48. The number of aryl methyl sites for hydroxylation is 2. The second-order valence-electron chi connectivity index (χ2n) is 4.69. The molecule has 0 saturated carbocycles. The van der Waals surface area contributed by atoms with Crippen molar-refractivity contribution in [3.05, 3.63) is 59.2 Å². The van der Waals surface area contributed by atoms with Crippen LogP contribution in [0.1, 0.15) is 22.8 Å². The molecular formula is C16H19NO2. The lowest BCUT2D eigenvalue weighted by Crippen LogP contribution is -2.11. The van der Waals surface area contributed by atoms with Gasteiger partial charge >= 0.3 is 0 Å². The highest BCUT2D eigenvalue weighted by Crippen LogP contribution is 2.26. The Morgan fingerprint density at radius 1 is 1.11 bits per heavy atom. The van der Waals surface area contributed by atoms with Crippen LogP contribution in [0, 0.1) is 13.8 Å². The van der Waals surface area contributed by atoms with E-state index in [-0.39, 0.29) is 6.54 Å². The molecule has 0 aromatic heterocycles. The molecule has 1 atom stereocenters. The van der Waals surface area contributed by atoms with Gasteiger partial charge in [-0.3, -0.25) is 0 Å². The van der Waals surface area contributed by atoms with Gasteiger partial charge in [-0.2, -0.15) is 0 Å². The first-order chi connectivity index (χ1) is 9.10. The van der Waals surface area contributed by atoms with Crippen molar-refractivity contribution in [3.8, 4) is 11.5 Å². The summed E-state index contributed by atoms with van der Waals surface area (Å²) in [6.45, 7) is 4.27. The molecule has 3 nitrogen and oxygen atoms in total. The van der Waals surface area contributed by atoms with Crippen LogP contribution in [-0.2, 0) is 0 Å². The van der Waals surface area contributed by atoms with E-state index in [0.717, 1.165) is 28.2 Å². The fourth-order valence-corrected chi connectivity index (χ4v) is 1.84. The molecule has 3 N–H and O–H groups in total. The fourth-order valence-electron chi connectivity index (χ4n) is 1.84. The third kappa shape index (κ3) is 3.34. The molecular weight excluding hydrogens is 238 g/mol. The van der Waals surface area contributed by atoms with Crippen LogP contribution >= 0.6 is 0 Å². The molecule has 3 heteroatoms. The second kappa shape index (κ2) is 5.87. The van der Waals surface area contributed by atoms with Crippen LogP contribution in [0.15, 0.2) is 42.5 Å². The molecule has 1 unspecified atom stereocenters. The van der Waals surface area contributed by atoms with Crippen LogP contribution in [0.2, 0.25) is 0 Å². The summed E-state index contributed by atoms with van der Waals surface area (Å²) in [7, 11) is 0. The number of aliphatic hydroxyl groups excluding tert-OH is 1. The van der Waals surface area contributed by atoms with Crippen molar-refractivity contribution in [1.82, 2.24) is 0 Å². The van der Waals surface area contributed by atoms with Crippen molar-refractivity contribution in [1.29, 1.82) is 0 Å². The van der Waals surface area contributed by atoms with Gasteiger partial charge in [-0.1, -0.05) is 24.3 Å². The lowest BCUT2D eigenvalue weighted by Gasteiger charge is -2.11. The van der Waals surface area contributed by atoms with E-state index < -0.39 is 6.10 Å². The first-order valence-corrected chi connectivity index (χ1v) is 6.33. The molecule has 0 aliphatic carbocycles. The summed E-state index contributed by atoms with van der Waals surface area (Å²) in [6.07, 6.45) is -0.616. The topological polar surface area (TPSA) is 55.5 Å². The molecule has 0 heterocycles. The second-order valence-corrected chi connectivity index (χ2v) is 4.69. The van der Waals surface area contributed by atoms with Gasteiger partial charge in [0.2, 0.25) is 0 Å². The lowest BCUT2D eigenvalue weighted by molar-refractivity contribution is 0.186. The highest BCUT2D eigenvalue weighted by Gasteiger charge is 2.06. The molecule has 0 bridgehead atoms. The number of nitrogens with two attached hydrogens (primary N) is 1. The smallest absolute Gasteiger partial charge is 0.130 e. The Morgan fingerprint density at radius 3 is 2.42 bits per heavy atom. The van der Waals surface area contributed by atoms with Gasteiger partial charge in [-0.05, 0) is 48.7 Å². The Morgan fingerprint density at radius 2 is 1.79 bits per heavy atom. The zero-order chi connectivity index (χ0) is 13.8. The minimum Gasteiger partial charge on any atom is -0.457 e. The number of ether oxygens (including phenoxy) is 1. The molecule has 0 aliphatic heterocycles. The summed E-state index contributed by atoms with van der Waals surface area (Å²) in [4.78, 5) is 0. The maximum Gasteiger partial charge on any atom is 0.130 e. The van der Waals surface area contributed by atoms with Gasteiger partial charge in [-0.25, -0.2) is 0 Å². The monoisotopic (exact) mass is 257 g/mol. The fraction of sp³-hybridized carbons (Fsp3) is 0.250. The van der Waals surface area contributed by atoms with Crippen LogP contribution in [0.5, 0.6) is 11.5 Å². The largest absolute Gasteiger partial charge is 0.457 e. The lowest BCUT2D eigenvalue weighted by atomic mass is 10.1. The number of hydrogen-bond acceptors (Lipinski definition) is 3. The van der Waals surface area contributed by atoms with Gasteiger partial charge in [0.05, 0.1) is 6.10 Å². The van der Waals surface area contributed by atoms with Gasteiger partial charge in [-0.15, -0.1) is 0 Å². The number of aliphatic hydroxyl groups is 1. The summed E-state index contributed by atoms with van der Waals surface area (Å²) in [6, 6.07) is 13.5. The van der Waals surface area contributed by atoms with E-state index in [9.17, 15) is 5.11 Å². The van der Waals surface area contributed by atoms with Gasteiger partial charge in [0.25, 0.3) is 0 Å². The van der Waals surface area contributed by atoms with Crippen molar-refractivity contribution < 1.29 is 9.84 Å². The normalized spacial score (nSPS) is 12.2. The Hall–Kier alpha value is -1.84. The number of rotatable bonds is 4. The molecule has 2 aromatic rings. The van der Waals surface area contributed by atoms with E-state index in [2.05, 4.69) is 6.07 Å². The summed E-state index contributed by atoms with van der Waals surface area (Å²) < 4.78 is 5.85. The Bertz CT molecular complexity index is 549. The molecule has 100 valence electrons. The Labute approximate surface area is 113 Å². The van der Waals surface area contributed by atoms with Gasteiger partial charge in [0.15, 0.2) is 0 Å². The molecule has 0 amide bonds. The van der Waals surface area contributed by atoms with E-state index in [1.807, 2.05) is 50.2 Å². The highest BCUT2D eigenvalue weighted by molar-refractivity contribution is 5.40. The SMILES string of the molecule is Cc1ccc(C)c(Oc2ccc(C(O)CN)cc2)c1. The van der Waals surface area contributed by atoms with Crippen LogP contribution in [0.3, 0.4) is 0 Å². The molecule has 19 heavy (non-hydrogen) atoms. The zero-order valence-electron chi connectivity index (χ0n) is 11.3. The van der Waals surface area contributed by atoms with Crippen molar-refractivity contribution in [2.45, 2.75) is 20.0 Å². The van der Waals surface area contributed by atoms with Crippen LogP contribution in [-0.4, -0.2) is 11.7 Å². The molecule has 0 radical (unpaired) electrons. The number of benzene rings is 2.